The summed E-state index contributed by atoms with van der Waals surface area (Å²) < 4.78 is 0.611. The van der Waals surface area contributed by atoms with Crippen LogP contribution < -0.4 is 5.32 Å². The van der Waals surface area contributed by atoms with Gasteiger partial charge >= 0.3 is 0 Å². The second kappa shape index (κ2) is 3.16. The SMILES string of the molecule is CN1CCC2(CC1)C(=O)NC[N+]2(C)[PH-]. The Hall–Kier alpha value is -0.180. The number of hydrogen-bond acceptors (Lipinski definition) is 2. The van der Waals surface area contributed by atoms with Crippen LogP contribution in [-0.2, 0) is 4.79 Å². The molecule has 2 saturated heterocycles. The molecule has 2 aliphatic heterocycles. The summed E-state index contributed by atoms with van der Waals surface area (Å²) in [5.41, 5.74) is -0.233. The number of nitrogens with zero attached hydrogens (tertiary/aromatic N) is 2. The Morgan fingerprint density at radius 1 is 1.50 bits per heavy atom. The number of quaternary nitrogens is 1. The van der Waals surface area contributed by atoms with E-state index < -0.39 is 0 Å². The van der Waals surface area contributed by atoms with Gasteiger partial charge in [0.1, 0.15) is 6.67 Å². The monoisotopic (exact) mass is 215 g/mol. The quantitative estimate of drug-likeness (QED) is 0.579. The van der Waals surface area contributed by atoms with Gasteiger partial charge in [-0.25, -0.2) is 0 Å². The third-order valence-electron chi connectivity index (χ3n) is 3.74. The molecule has 0 aromatic heterocycles. The highest BCUT2D eigenvalue weighted by molar-refractivity contribution is 7.09. The third-order valence-corrected chi connectivity index (χ3v) is 4.32. The molecule has 2 aliphatic rings. The van der Waals surface area contributed by atoms with E-state index in [1.807, 2.05) is 0 Å². The topological polar surface area (TPSA) is 32.3 Å². The Bertz CT molecular complexity index is 259. The summed E-state index contributed by atoms with van der Waals surface area (Å²) in [7, 11) is 7.89. The highest BCUT2D eigenvalue weighted by Gasteiger charge is 2.53. The molecule has 2 rings (SSSR count). The van der Waals surface area contributed by atoms with Gasteiger partial charge in [-0.1, -0.05) is 0 Å². The molecular weight excluding hydrogens is 197 g/mol. The van der Waals surface area contributed by atoms with Crippen molar-refractivity contribution >= 4 is 15.3 Å². The van der Waals surface area contributed by atoms with E-state index in [0.717, 1.165) is 25.9 Å². The average Bonchev–Trinajstić information content (AvgIpc) is 2.35. The van der Waals surface area contributed by atoms with Crippen LogP contribution in [0.15, 0.2) is 0 Å². The van der Waals surface area contributed by atoms with Gasteiger partial charge in [0, 0.05) is 33.0 Å². The highest BCUT2D eigenvalue weighted by Crippen LogP contribution is 2.40. The number of piperidine rings is 1. The summed E-state index contributed by atoms with van der Waals surface area (Å²) >= 11 is 0. The van der Waals surface area contributed by atoms with Gasteiger partial charge in [-0.3, -0.25) is 14.2 Å². The van der Waals surface area contributed by atoms with Crippen molar-refractivity contribution in [3.05, 3.63) is 0 Å². The van der Waals surface area contributed by atoms with Gasteiger partial charge in [-0.2, -0.15) is 0 Å². The van der Waals surface area contributed by atoms with Crippen LogP contribution in [0.4, 0.5) is 0 Å². The van der Waals surface area contributed by atoms with Crippen LogP contribution in [0.25, 0.3) is 0 Å². The van der Waals surface area contributed by atoms with Gasteiger partial charge in [-0.15, -0.1) is 0 Å². The van der Waals surface area contributed by atoms with Gasteiger partial charge in [0.25, 0.3) is 5.91 Å². The second-order valence-corrected chi connectivity index (χ2v) is 5.68. The second-order valence-electron chi connectivity index (χ2n) is 4.69. The molecule has 0 aromatic carbocycles. The lowest BCUT2D eigenvalue weighted by atomic mass is 9.86. The molecule has 80 valence electrons. The van der Waals surface area contributed by atoms with Gasteiger partial charge < -0.3 is 14.5 Å². The maximum Gasteiger partial charge on any atom is 0.283 e. The van der Waals surface area contributed by atoms with Crippen LogP contribution in [-0.4, -0.2) is 54.5 Å². The van der Waals surface area contributed by atoms with E-state index in [4.69, 9.17) is 0 Å². The van der Waals surface area contributed by atoms with Crippen molar-refractivity contribution in [2.75, 3.05) is 33.9 Å². The van der Waals surface area contributed by atoms with E-state index in [-0.39, 0.29) is 11.4 Å². The zero-order valence-electron chi connectivity index (χ0n) is 8.84. The van der Waals surface area contributed by atoms with E-state index in [9.17, 15) is 4.79 Å². The third kappa shape index (κ3) is 1.28. The molecule has 2 heterocycles. The van der Waals surface area contributed by atoms with Gasteiger partial charge in [0.2, 0.25) is 0 Å². The Kier molecular flexibility index (Phi) is 2.33. The minimum Gasteiger partial charge on any atom is -0.437 e. The highest BCUT2D eigenvalue weighted by atomic mass is 31.0. The summed E-state index contributed by atoms with van der Waals surface area (Å²) in [4.78, 5) is 14.2. The summed E-state index contributed by atoms with van der Waals surface area (Å²) in [5, 5.41) is 2.95. The van der Waals surface area contributed by atoms with E-state index in [1.165, 1.54) is 0 Å². The fourth-order valence-corrected chi connectivity index (χ4v) is 2.88. The van der Waals surface area contributed by atoms with Crippen molar-refractivity contribution in [3.8, 4) is 0 Å². The number of hydrogen-bond donors (Lipinski definition) is 1. The molecule has 5 heteroatoms. The van der Waals surface area contributed by atoms with Gasteiger partial charge in [0.05, 0.1) is 0 Å². The lowest BCUT2D eigenvalue weighted by molar-refractivity contribution is -0.818. The normalized spacial score (nSPS) is 37.5. The van der Waals surface area contributed by atoms with Crippen LogP contribution in [0.1, 0.15) is 12.8 Å². The van der Waals surface area contributed by atoms with Gasteiger partial charge in [-0.05, 0) is 7.05 Å². The molecule has 1 spiro atoms. The molecule has 0 bridgehead atoms. The fourth-order valence-electron chi connectivity index (χ4n) is 2.48. The summed E-state index contributed by atoms with van der Waals surface area (Å²) in [5.74, 6) is 0.211. The molecule has 2 fully saturated rings. The number of nitrogens with one attached hydrogen (secondary N) is 1. The van der Waals surface area contributed by atoms with E-state index in [1.54, 1.807) is 0 Å². The van der Waals surface area contributed by atoms with E-state index >= 15 is 0 Å². The number of likely N-dealkylation sites (tertiary alicyclic amines) is 1. The Morgan fingerprint density at radius 2 is 2.07 bits per heavy atom. The smallest absolute Gasteiger partial charge is 0.283 e. The summed E-state index contributed by atoms with van der Waals surface area (Å²) in [6.07, 6.45) is 1.88. The lowest BCUT2D eigenvalue weighted by Crippen LogP contribution is -2.59. The molecule has 1 atom stereocenters. The lowest BCUT2D eigenvalue weighted by Gasteiger charge is -2.51. The zero-order chi connectivity index (χ0) is 10.4. The average molecular weight is 215 g/mol. The molecule has 4 nitrogen and oxygen atoms in total. The van der Waals surface area contributed by atoms with Gasteiger partial charge in [0.15, 0.2) is 5.54 Å². The molecule has 1 unspecified atom stereocenters. The first kappa shape index (κ1) is 10.3. The summed E-state index contributed by atoms with van der Waals surface area (Å²) in [6.45, 7) is 2.71. The fraction of sp³-hybridized carbons (Fsp3) is 0.889. The standard InChI is InChI=1S/C9H18N3OP/c1-11-5-3-9(4-6-11)8(13)10-7-12(9,2)14/h14H,3-7H2,1-2H3,(H,10,13). The minimum absolute atomic E-state index is 0.211. The van der Waals surface area contributed by atoms with Crippen molar-refractivity contribution < 1.29 is 9.05 Å². The minimum atomic E-state index is -0.233. The van der Waals surface area contributed by atoms with Crippen LogP contribution in [0.2, 0.25) is 0 Å². The van der Waals surface area contributed by atoms with E-state index in [2.05, 4.69) is 33.7 Å². The Morgan fingerprint density at radius 3 is 2.50 bits per heavy atom. The molecule has 1 N–H and O–H groups in total. The number of carbonyl (C=O) groups excluding carboxylic acids is 1. The molecule has 0 saturated carbocycles. The number of rotatable bonds is 0. The van der Waals surface area contributed by atoms with Crippen molar-refractivity contribution in [2.24, 2.45) is 0 Å². The number of amides is 1. The van der Waals surface area contributed by atoms with Crippen molar-refractivity contribution in [1.82, 2.24) is 10.2 Å². The number of likely N-dealkylation sites (N-methyl/N-ethyl adjacent to an activating group) is 1. The van der Waals surface area contributed by atoms with Crippen molar-refractivity contribution in [2.45, 2.75) is 18.4 Å². The number of carbonyl (C=O) groups is 1. The first-order chi connectivity index (χ1) is 6.48. The maximum absolute atomic E-state index is 11.9. The molecule has 0 radical (unpaired) electrons. The summed E-state index contributed by atoms with van der Waals surface area (Å²) in [6, 6.07) is 0. The predicted octanol–water partition coefficient (Wildman–Crippen LogP) is 0.0425. The van der Waals surface area contributed by atoms with Crippen LogP contribution >= 0.6 is 9.39 Å². The molecule has 0 aliphatic carbocycles. The largest absolute Gasteiger partial charge is 0.437 e. The molecular formula is C9H18N3OP. The first-order valence-corrected chi connectivity index (χ1v) is 5.50. The van der Waals surface area contributed by atoms with Crippen LogP contribution in [0.5, 0.6) is 0 Å². The van der Waals surface area contributed by atoms with Crippen LogP contribution in [0, 0.1) is 0 Å². The molecule has 14 heavy (non-hydrogen) atoms. The van der Waals surface area contributed by atoms with Crippen molar-refractivity contribution in [1.29, 1.82) is 0 Å². The zero-order valence-corrected chi connectivity index (χ0v) is 9.84. The molecule has 0 aromatic rings. The first-order valence-electron chi connectivity index (χ1n) is 5.06. The molecule has 1 amide bonds. The predicted molar refractivity (Wildman–Crippen MR) is 57.0 cm³/mol. The maximum atomic E-state index is 11.9. The van der Waals surface area contributed by atoms with Crippen molar-refractivity contribution in [3.63, 3.8) is 0 Å². The van der Waals surface area contributed by atoms with Crippen LogP contribution in [0.3, 0.4) is 0 Å². The Balaban J connectivity index is 2.25. The van der Waals surface area contributed by atoms with E-state index in [0.29, 0.717) is 10.9 Å². The Labute approximate surface area is 87.5 Å².